The maximum Gasteiger partial charge on any atom is 0.264 e. The van der Waals surface area contributed by atoms with Gasteiger partial charge in [0.05, 0.1) is 17.7 Å². The third-order valence-corrected chi connectivity index (χ3v) is 7.67. The minimum absolute atomic E-state index is 0.0118. The van der Waals surface area contributed by atoms with Crippen LogP contribution in [-0.2, 0) is 26.2 Å². The van der Waals surface area contributed by atoms with Gasteiger partial charge in [0.25, 0.3) is 10.0 Å². The molecular formula is C26H28ClN3O5S. The topological polar surface area (TPSA) is 96.0 Å². The number of rotatable bonds is 10. The molecule has 8 nitrogen and oxygen atoms in total. The molecule has 0 spiro atoms. The molecule has 36 heavy (non-hydrogen) atoms. The summed E-state index contributed by atoms with van der Waals surface area (Å²) in [6.07, 6.45) is 0. The number of hydrogen-bond donors (Lipinski definition) is 1. The summed E-state index contributed by atoms with van der Waals surface area (Å²) in [4.78, 5) is 27.5. The summed E-state index contributed by atoms with van der Waals surface area (Å²) in [5.41, 5.74) is 1.04. The Labute approximate surface area is 216 Å². The quantitative estimate of drug-likeness (QED) is 0.432. The lowest BCUT2D eigenvalue weighted by Gasteiger charge is -2.31. The fraction of sp³-hybridized carbons (Fsp3) is 0.231. The fourth-order valence-corrected chi connectivity index (χ4v) is 5.16. The smallest absolute Gasteiger partial charge is 0.264 e. The Balaban J connectivity index is 2.00. The number of anilines is 1. The molecule has 0 aliphatic carbocycles. The Bertz CT molecular complexity index is 1300. The second-order valence-corrected chi connectivity index (χ2v) is 10.3. The summed E-state index contributed by atoms with van der Waals surface area (Å²) in [7, 11) is -1.11. The largest absolute Gasteiger partial charge is 0.497 e. The molecule has 190 valence electrons. The number of nitrogens with zero attached hydrogens (tertiary/aromatic N) is 2. The van der Waals surface area contributed by atoms with Crippen LogP contribution < -0.4 is 14.4 Å². The molecule has 3 aromatic rings. The summed E-state index contributed by atoms with van der Waals surface area (Å²) in [5, 5.41) is 2.94. The first-order valence-electron chi connectivity index (χ1n) is 11.1. The molecule has 2 amide bonds. The Hall–Kier alpha value is -3.56. The Morgan fingerprint density at radius 3 is 2.28 bits per heavy atom. The molecule has 10 heteroatoms. The first kappa shape index (κ1) is 27.0. The monoisotopic (exact) mass is 529 g/mol. The van der Waals surface area contributed by atoms with Crippen molar-refractivity contribution in [3.8, 4) is 5.75 Å². The van der Waals surface area contributed by atoms with Gasteiger partial charge in [0.2, 0.25) is 11.8 Å². The standard InChI is InChI=1S/C26H28ClN3O5S/c1-19(26(32)28-2)29(17-20-8-7-11-23(16-20)35-3)25(31)18-30(22-9-5-4-6-10-22)36(33,34)24-14-12-21(27)13-15-24/h4-16,19H,17-18H2,1-3H3,(H,28,32)/t19-/m0/s1. The summed E-state index contributed by atoms with van der Waals surface area (Å²) in [6, 6.07) is 20.3. The van der Waals surface area contributed by atoms with Crippen molar-refractivity contribution >= 4 is 39.1 Å². The number of sulfonamides is 1. The van der Waals surface area contributed by atoms with E-state index in [2.05, 4.69) is 5.32 Å². The van der Waals surface area contributed by atoms with Gasteiger partial charge in [-0.15, -0.1) is 0 Å². The predicted molar refractivity (Wildman–Crippen MR) is 139 cm³/mol. The average Bonchev–Trinajstić information content (AvgIpc) is 2.90. The lowest BCUT2D eigenvalue weighted by molar-refractivity contribution is -0.139. The minimum Gasteiger partial charge on any atom is -0.497 e. The number of hydrogen-bond acceptors (Lipinski definition) is 5. The van der Waals surface area contributed by atoms with Crippen molar-refractivity contribution < 1.29 is 22.7 Å². The third kappa shape index (κ3) is 6.35. The van der Waals surface area contributed by atoms with Gasteiger partial charge in [-0.05, 0) is 61.0 Å². The van der Waals surface area contributed by atoms with Crippen LogP contribution in [0.4, 0.5) is 5.69 Å². The molecule has 0 unspecified atom stereocenters. The van der Waals surface area contributed by atoms with E-state index in [-0.39, 0.29) is 17.3 Å². The van der Waals surface area contributed by atoms with Crippen LogP contribution in [0.15, 0.2) is 83.8 Å². The number of halogens is 1. The van der Waals surface area contributed by atoms with E-state index in [1.165, 1.54) is 43.3 Å². The van der Waals surface area contributed by atoms with Crippen molar-refractivity contribution in [2.24, 2.45) is 0 Å². The highest BCUT2D eigenvalue weighted by molar-refractivity contribution is 7.92. The van der Waals surface area contributed by atoms with Crippen molar-refractivity contribution in [1.29, 1.82) is 0 Å². The van der Waals surface area contributed by atoms with E-state index in [1.807, 2.05) is 0 Å². The van der Waals surface area contributed by atoms with Gasteiger partial charge in [-0.1, -0.05) is 41.9 Å². The zero-order chi connectivity index (χ0) is 26.3. The Morgan fingerprint density at radius 2 is 1.67 bits per heavy atom. The van der Waals surface area contributed by atoms with Gasteiger partial charge >= 0.3 is 0 Å². The Kier molecular flexibility index (Phi) is 8.95. The van der Waals surface area contributed by atoms with E-state index in [0.29, 0.717) is 16.5 Å². The fourth-order valence-electron chi connectivity index (χ4n) is 3.62. The molecule has 3 aromatic carbocycles. The second-order valence-electron chi connectivity index (χ2n) is 7.96. The molecule has 0 radical (unpaired) electrons. The maximum absolute atomic E-state index is 13.7. The number of carbonyl (C=O) groups is 2. The van der Waals surface area contributed by atoms with Crippen molar-refractivity contribution in [1.82, 2.24) is 10.2 Å². The van der Waals surface area contributed by atoms with Crippen LogP contribution >= 0.6 is 11.6 Å². The third-order valence-electron chi connectivity index (χ3n) is 5.63. The first-order valence-corrected chi connectivity index (χ1v) is 13.0. The van der Waals surface area contributed by atoms with Crippen LogP contribution in [0.3, 0.4) is 0 Å². The summed E-state index contributed by atoms with van der Waals surface area (Å²) in [5.74, 6) is -0.322. The molecule has 0 aliphatic rings. The Morgan fingerprint density at radius 1 is 1.00 bits per heavy atom. The minimum atomic E-state index is -4.13. The normalized spacial score (nSPS) is 11.9. The molecule has 1 N–H and O–H groups in total. The van der Waals surface area contributed by atoms with E-state index < -0.39 is 28.5 Å². The van der Waals surface area contributed by atoms with Crippen molar-refractivity contribution in [3.63, 3.8) is 0 Å². The molecule has 0 saturated carbocycles. The molecule has 3 rings (SSSR count). The molecule has 0 aliphatic heterocycles. The summed E-state index contributed by atoms with van der Waals surface area (Å²) in [6.45, 7) is 1.16. The molecule has 0 fully saturated rings. The number of likely N-dealkylation sites (N-methyl/N-ethyl adjacent to an activating group) is 1. The van der Waals surface area contributed by atoms with E-state index in [9.17, 15) is 18.0 Å². The van der Waals surface area contributed by atoms with Crippen molar-refractivity contribution in [3.05, 3.63) is 89.4 Å². The maximum atomic E-state index is 13.7. The van der Waals surface area contributed by atoms with E-state index in [4.69, 9.17) is 16.3 Å². The zero-order valence-electron chi connectivity index (χ0n) is 20.2. The van der Waals surface area contributed by atoms with Gasteiger partial charge in [-0.25, -0.2) is 8.42 Å². The number of nitrogens with one attached hydrogen (secondary N) is 1. The zero-order valence-corrected chi connectivity index (χ0v) is 21.8. The van der Waals surface area contributed by atoms with Gasteiger partial charge in [0.1, 0.15) is 18.3 Å². The number of amides is 2. The predicted octanol–water partition coefficient (Wildman–Crippen LogP) is 3.71. The number of benzene rings is 3. The molecule has 1 atom stereocenters. The van der Waals surface area contributed by atoms with Crippen LogP contribution in [0, 0.1) is 0 Å². The second kappa shape index (κ2) is 11.9. The highest BCUT2D eigenvalue weighted by Crippen LogP contribution is 2.25. The SMILES string of the molecule is CNC(=O)[C@H](C)N(Cc1cccc(OC)c1)C(=O)CN(c1ccccc1)S(=O)(=O)c1ccc(Cl)cc1. The number of carbonyl (C=O) groups excluding carboxylic acids is 2. The van der Waals surface area contributed by atoms with Crippen molar-refractivity contribution in [2.75, 3.05) is 25.0 Å². The van der Waals surface area contributed by atoms with Crippen molar-refractivity contribution in [2.45, 2.75) is 24.4 Å². The van der Waals surface area contributed by atoms with Crippen LogP contribution in [-0.4, -0.2) is 51.9 Å². The lowest BCUT2D eigenvalue weighted by atomic mass is 10.1. The van der Waals surface area contributed by atoms with Crippen LogP contribution in [0.1, 0.15) is 12.5 Å². The molecule has 0 bridgehead atoms. The molecular weight excluding hydrogens is 502 g/mol. The number of para-hydroxylation sites is 1. The van der Waals surface area contributed by atoms with Gasteiger partial charge in [0, 0.05) is 18.6 Å². The number of ether oxygens (including phenoxy) is 1. The van der Waals surface area contributed by atoms with Crippen LogP contribution in [0.2, 0.25) is 5.02 Å². The molecule has 0 aromatic heterocycles. The van der Waals surface area contributed by atoms with Gasteiger partial charge < -0.3 is 15.0 Å². The highest BCUT2D eigenvalue weighted by atomic mass is 35.5. The van der Waals surface area contributed by atoms with E-state index in [1.54, 1.807) is 61.5 Å². The summed E-state index contributed by atoms with van der Waals surface area (Å²) < 4.78 is 33.5. The molecule has 0 heterocycles. The number of methoxy groups -OCH3 is 1. The van der Waals surface area contributed by atoms with Gasteiger partial charge in [-0.3, -0.25) is 13.9 Å². The summed E-state index contributed by atoms with van der Waals surface area (Å²) >= 11 is 5.95. The lowest BCUT2D eigenvalue weighted by Crippen LogP contribution is -2.50. The van der Waals surface area contributed by atoms with Crippen LogP contribution in [0.5, 0.6) is 5.75 Å². The van der Waals surface area contributed by atoms with E-state index in [0.717, 1.165) is 9.87 Å². The van der Waals surface area contributed by atoms with Crippen LogP contribution in [0.25, 0.3) is 0 Å². The first-order chi connectivity index (χ1) is 17.2. The van der Waals surface area contributed by atoms with Gasteiger partial charge in [0.15, 0.2) is 0 Å². The molecule has 0 saturated heterocycles. The van der Waals surface area contributed by atoms with Gasteiger partial charge in [-0.2, -0.15) is 0 Å². The highest BCUT2D eigenvalue weighted by Gasteiger charge is 2.32. The average molecular weight is 530 g/mol. The van der Waals surface area contributed by atoms with E-state index >= 15 is 0 Å².